The Balaban J connectivity index is 1.84. The molecule has 0 aliphatic heterocycles. The molecule has 0 fully saturated rings. The highest BCUT2D eigenvalue weighted by Crippen LogP contribution is 2.34. The smallest absolute Gasteiger partial charge is 0.318 e. The Kier molecular flexibility index (Phi) is 6.70. The molecule has 0 atom stereocenters. The van der Waals surface area contributed by atoms with Crippen LogP contribution in [-0.4, -0.2) is 15.8 Å². The first-order valence-electron chi connectivity index (χ1n) is 9.16. The second-order valence-corrected chi connectivity index (χ2v) is 6.47. The number of ether oxygens (including phenoxy) is 1. The molecule has 3 aromatic carbocycles. The maximum atomic E-state index is 13.0. The first-order chi connectivity index (χ1) is 15.8. The van der Waals surface area contributed by atoms with E-state index in [1.165, 1.54) is 36.4 Å². The van der Waals surface area contributed by atoms with Crippen LogP contribution in [0.3, 0.4) is 0 Å². The number of nitro benzene ring substituents is 2. The molecule has 10 nitrogen and oxygen atoms in total. The summed E-state index contributed by atoms with van der Waals surface area (Å²) in [4.78, 5) is 32.9. The summed E-state index contributed by atoms with van der Waals surface area (Å²) in [6.07, 6.45) is 1.27. The van der Waals surface area contributed by atoms with Crippen molar-refractivity contribution in [2.75, 3.05) is 5.32 Å². The molecule has 0 bridgehead atoms. The lowest BCUT2D eigenvalue weighted by molar-refractivity contribution is -0.394. The molecule has 0 saturated carbocycles. The van der Waals surface area contributed by atoms with Gasteiger partial charge < -0.3 is 10.1 Å². The Morgan fingerprint density at radius 2 is 1.76 bits per heavy atom. The topological polar surface area (TPSA) is 148 Å². The summed E-state index contributed by atoms with van der Waals surface area (Å²) in [7, 11) is 0. The van der Waals surface area contributed by atoms with Crippen molar-refractivity contribution >= 4 is 29.0 Å². The molecular weight excluding hydrogens is 435 g/mol. The number of nitrogens with one attached hydrogen (secondary N) is 1. The molecular formula is C22H13FN4O6. The lowest BCUT2D eigenvalue weighted by atomic mass is 10.1. The van der Waals surface area contributed by atoms with Gasteiger partial charge in [0, 0.05) is 11.8 Å². The number of nitro groups is 2. The normalized spacial score (nSPS) is 10.7. The van der Waals surface area contributed by atoms with E-state index in [4.69, 9.17) is 4.74 Å². The van der Waals surface area contributed by atoms with Gasteiger partial charge in [0.2, 0.25) is 5.75 Å². The van der Waals surface area contributed by atoms with Crippen LogP contribution in [0.15, 0.2) is 72.3 Å². The predicted octanol–water partition coefficient (Wildman–Crippen LogP) is 4.98. The van der Waals surface area contributed by atoms with Crippen LogP contribution >= 0.6 is 0 Å². The number of benzene rings is 3. The minimum atomic E-state index is -0.806. The molecule has 33 heavy (non-hydrogen) atoms. The van der Waals surface area contributed by atoms with Crippen molar-refractivity contribution in [2.24, 2.45) is 0 Å². The molecule has 164 valence electrons. The van der Waals surface area contributed by atoms with Gasteiger partial charge >= 0.3 is 5.69 Å². The Morgan fingerprint density at radius 3 is 2.39 bits per heavy atom. The van der Waals surface area contributed by atoms with Crippen LogP contribution in [0.5, 0.6) is 11.5 Å². The number of hydrogen-bond acceptors (Lipinski definition) is 7. The van der Waals surface area contributed by atoms with Crippen LogP contribution in [0.2, 0.25) is 0 Å². The largest absolute Gasteiger partial charge is 0.450 e. The van der Waals surface area contributed by atoms with Gasteiger partial charge in [-0.15, -0.1) is 0 Å². The van der Waals surface area contributed by atoms with Crippen LogP contribution in [0, 0.1) is 37.4 Å². The van der Waals surface area contributed by atoms with E-state index < -0.39 is 32.9 Å². The Hall–Kier alpha value is -5.11. The maximum absolute atomic E-state index is 13.0. The van der Waals surface area contributed by atoms with Gasteiger partial charge in [0.05, 0.1) is 15.9 Å². The molecule has 0 unspecified atom stereocenters. The number of amides is 1. The summed E-state index contributed by atoms with van der Waals surface area (Å²) in [6.45, 7) is 0. The number of halogens is 1. The van der Waals surface area contributed by atoms with Crippen molar-refractivity contribution in [1.29, 1.82) is 5.26 Å². The molecule has 0 saturated heterocycles. The van der Waals surface area contributed by atoms with Crippen LogP contribution in [0.4, 0.5) is 21.5 Å². The fourth-order valence-corrected chi connectivity index (χ4v) is 2.69. The lowest BCUT2D eigenvalue weighted by Crippen LogP contribution is -2.13. The number of nitriles is 1. The predicted molar refractivity (Wildman–Crippen MR) is 115 cm³/mol. The number of hydrogen-bond donors (Lipinski definition) is 1. The van der Waals surface area contributed by atoms with E-state index in [1.54, 1.807) is 12.1 Å². The summed E-state index contributed by atoms with van der Waals surface area (Å²) in [5.74, 6) is -1.28. The standard InChI is InChI=1S/C22H13FN4O6/c23-16-4-6-17(7-5-16)25-22(28)15(13-24)10-14-2-1-3-19(11-14)33-21-9-8-18(26(29)30)12-20(21)27(31)32/h1-12H,(H,25,28)/b15-10-. The van der Waals surface area contributed by atoms with Gasteiger partial charge in [-0.05, 0) is 54.1 Å². The number of rotatable bonds is 7. The number of carbonyl (C=O) groups is 1. The lowest BCUT2D eigenvalue weighted by Gasteiger charge is -2.07. The molecule has 0 radical (unpaired) electrons. The third kappa shape index (κ3) is 5.74. The first kappa shape index (κ1) is 22.6. The van der Waals surface area contributed by atoms with Gasteiger partial charge in [0.25, 0.3) is 11.6 Å². The van der Waals surface area contributed by atoms with Gasteiger partial charge in [-0.2, -0.15) is 5.26 Å². The average molecular weight is 448 g/mol. The monoisotopic (exact) mass is 448 g/mol. The van der Waals surface area contributed by atoms with Crippen LogP contribution in [0.25, 0.3) is 6.08 Å². The molecule has 3 rings (SSSR count). The molecule has 0 spiro atoms. The van der Waals surface area contributed by atoms with Gasteiger partial charge in [-0.3, -0.25) is 25.0 Å². The van der Waals surface area contributed by atoms with E-state index in [9.17, 15) is 34.7 Å². The zero-order valence-corrected chi connectivity index (χ0v) is 16.6. The zero-order chi connectivity index (χ0) is 24.0. The van der Waals surface area contributed by atoms with E-state index in [2.05, 4.69) is 5.32 Å². The second kappa shape index (κ2) is 9.80. The molecule has 0 aromatic heterocycles. The van der Waals surface area contributed by atoms with Crippen molar-refractivity contribution in [3.05, 3.63) is 104 Å². The quantitative estimate of drug-likeness (QED) is 0.232. The first-order valence-corrected chi connectivity index (χ1v) is 9.16. The molecule has 1 amide bonds. The van der Waals surface area contributed by atoms with Crippen molar-refractivity contribution in [2.45, 2.75) is 0 Å². The summed E-state index contributed by atoms with van der Waals surface area (Å²) in [5, 5.41) is 34.0. The molecule has 1 N–H and O–H groups in total. The minimum absolute atomic E-state index is 0.136. The second-order valence-electron chi connectivity index (χ2n) is 6.47. The highest BCUT2D eigenvalue weighted by atomic mass is 19.1. The highest BCUT2D eigenvalue weighted by Gasteiger charge is 2.21. The average Bonchev–Trinajstić information content (AvgIpc) is 2.79. The third-order valence-electron chi connectivity index (χ3n) is 4.21. The van der Waals surface area contributed by atoms with Crippen LogP contribution in [-0.2, 0) is 4.79 Å². The third-order valence-corrected chi connectivity index (χ3v) is 4.21. The fraction of sp³-hybridized carbons (Fsp3) is 0. The van der Waals surface area contributed by atoms with E-state index in [1.807, 2.05) is 0 Å². The highest BCUT2D eigenvalue weighted by molar-refractivity contribution is 6.09. The van der Waals surface area contributed by atoms with Gasteiger partial charge in [-0.25, -0.2) is 4.39 Å². The van der Waals surface area contributed by atoms with Crippen molar-refractivity contribution < 1.29 is 23.8 Å². The van der Waals surface area contributed by atoms with E-state index in [0.717, 1.165) is 30.3 Å². The summed E-state index contributed by atoms with van der Waals surface area (Å²) >= 11 is 0. The van der Waals surface area contributed by atoms with E-state index in [0.29, 0.717) is 11.3 Å². The molecule has 0 heterocycles. The van der Waals surface area contributed by atoms with Crippen LogP contribution in [0.1, 0.15) is 5.56 Å². The number of anilines is 1. The summed E-state index contributed by atoms with van der Waals surface area (Å²) in [6, 6.07) is 15.7. The van der Waals surface area contributed by atoms with Gasteiger partial charge in [0.15, 0.2) is 0 Å². The zero-order valence-electron chi connectivity index (χ0n) is 16.6. The van der Waals surface area contributed by atoms with E-state index in [-0.39, 0.29) is 17.1 Å². The Labute approximate surface area is 185 Å². The summed E-state index contributed by atoms with van der Waals surface area (Å²) in [5.41, 5.74) is -0.635. The van der Waals surface area contributed by atoms with Crippen molar-refractivity contribution in [3.63, 3.8) is 0 Å². The number of non-ortho nitro benzene ring substituents is 1. The molecule has 0 aliphatic carbocycles. The fourth-order valence-electron chi connectivity index (χ4n) is 2.69. The molecule has 11 heteroatoms. The summed E-state index contributed by atoms with van der Waals surface area (Å²) < 4.78 is 18.5. The van der Waals surface area contributed by atoms with Crippen molar-refractivity contribution in [1.82, 2.24) is 0 Å². The molecule has 0 aliphatic rings. The van der Waals surface area contributed by atoms with Crippen molar-refractivity contribution in [3.8, 4) is 17.6 Å². The number of carbonyl (C=O) groups excluding carboxylic acids is 1. The Morgan fingerprint density at radius 1 is 1.03 bits per heavy atom. The SMILES string of the molecule is N#C/C(=C/c1cccc(Oc2ccc([N+](=O)[O-])cc2[N+](=O)[O-])c1)C(=O)Nc1ccc(F)cc1. The number of nitrogens with zero attached hydrogens (tertiary/aromatic N) is 3. The van der Waals surface area contributed by atoms with Gasteiger partial charge in [0.1, 0.15) is 23.2 Å². The Bertz CT molecular complexity index is 1320. The minimum Gasteiger partial charge on any atom is -0.450 e. The van der Waals surface area contributed by atoms with E-state index >= 15 is 0 Å². The maximum Gasteiger partial charge on any atom is 0.318 e. The molecule has 3 aromatic rings. The van der Waals surface area contributed by atoms with Crippen LogP contribution < -0.4 is 10.1 Å². The van der Waals surface area contributed by atoms with Gasteiger partial charge in [-0.1, -0.05) is 12.1 Å².